The van der Waals surface area contributed by atoms with Gasteiger partial charge in [-0.3, -0.25) is 0 Å². The Hall–Kier alpha value is -0.300. The fourth-order valence-corrected chi connectivity index (χ4v) is 5.87. The fraction of sp³-hybridized carbons (Fsp3) is 0.900. The molecule has 4 atom stereocenters. The molecule has 2 aliphatic rings. The quantitative estimate of drug-likeness (QED) is 0.670. The Morgan fingerprint density at radius 1 is 1.19 bits per heavy atom. The van der Waals surface area contributed by atoms with Crippen molar-refractivity contribution in [1.29, 1.82) is 0 Å². The molecule has 4 unspecified atom stereocenters. The normalized spacial score (nSPS) is 39.9. The molecule has 1 nitrogen and oxygen atoms in total. The Kier molecular flexibility index (Phi) is 5.23. The Bertz CT molecular complexity index is 381. The lowest BCUT2D eigenvalue weighted by molar-refractivity contribution is -0.0957. The van der Waals surface area contributed by atoms with Crippen molar-refractivity contribution in [3.05, 3.63) is 11.6 Å². The van der Waals surface area contributed by atoms with Crippen LogP contribution in [0.25, 0.3) is 0 Å². The highest BCUT2D eigenvalue weighted by atomic mass is 16.2. The first kappa shape index (κ1) is 17.1. The lowest BCUT2D eigenvalue weighted by atomic mass is 9.46. The first-order valence-corrected chi connectivity index (χ1v) is 9.08. The van der Waals surface area contributed by atoms with Crippen LogP contribution in [-0.2, 0) is 0 Å². The van der Waals surface area contributed by atoms with E-state index in [9.17, 15) is 0 Å². The highest BCUT2D eigenvalue weighted by Gasteiger charge is 2.53. The average Bonchev–Trinajstić information content (AvgIpc) is 2.37. The van der Waals surface area contributed by atoms with Crippen LogP contribution in [0.15, 0.2) is 11.6 Å². The van der Waals surface area contributed by atoms with E-state index < -0.39 is 0 Å². The topological polar surface area (TPSA) is 20.2 Å². The number of allylic oxidation sites excluding steroid dienone is 1. The molecule has 0 aliphatic heterocycles. The summed E-state index contributed by atoms with van der Waals surface area (Å²) in [7, 11) is 0. The molecule has 0 spiro atoms. The Morgan fingerprint density at radius 3 is 2.57 bits per heavy atom. The van der Waals surface area contributed by atoms with E-state index >= 15 is 0 Å². The maximum Gasteiger partial charge on any atom is 0.0614 e. The number of hydrogen-bond acceptors (Lipinski definition) is 1. The molecule has 1 heteroatoms. The van der Waals surface area contributed by atoms with E-state index in [-0.39, 0.29) is 6.61 Å². The summed E-state index contributed by atoms with van der Waals surface area (Å²) in [6.07, 6.45) is 11.6. The number of hydrogen-bond donors (Lipinski definition) is 1. The van der Waals surface area contributed by atoms with Crippen molar-refractivity contribution in [2.75, 3.05) is 6.61 Å². The summed E-state index contributed by atoms with van der Waals surface area (Å²) >= 11 is 0. The molecular formula is C20H36O. The van der Waals surface area contributed by atoms with Crippen molar-refractivity contribution in [1.82, 2.24) is 0 Å². The predicted octanol–water partition coefficient (Wildman–Crippen LogP) is 5.58. The summed E-state index contributed by atoms with van der Waals surface area (Å²) < 4.78 is 0. The smallest absolute Gasteiger partial charge is 0.0614 e. The van der Waals surface area contributed by atoms with Gasteiger partial charge in [-0.05, 0) is 67.6 Å². The van der Waals surface area contributed by atoms with E-state index in [0.29, 0.717) is 10.8 Å². The van der Waals surface area contributed by atoms with E-state index in [1.54, 1.807) is 0 Å². The largest absolute Gasteiger partial charge is 0.392 e. The van der Waals surface area contributed by atoms with Gasteiger partial charge < -0.3 is 5.11 Å². The van der Waals surface area contributed by atoms with Crippen molar-refractivity contribution >= 4 is 0 Å². The summed E-state index contributed by atoms with van der Waals surface area (Å²) in [6.45, 7) is 12.5. The van der Waals surface area contributed by atoms with Gasteiger partial charge in [0.05, 0.1) is 6.61 Å². The van der Waals surface area contributed by atoms with Crippen LogP contribution in [0.4, 0.5) is 0 Å². The second kappa shape index (κ2) is 6.44. The Balaban J connectivity index is 2.15. The summed E-state index contributed by atoms with van der Waals surface area (Å²) in [5.41, 5.74) is 2.44. The summed E-state index contributed by atoms with van der Waals surface area (Å²) in [5.74, 6) is 2.63. The molecule has 0 aromatic heterocycles. The van der Waals surface area contributed by atoms with Crippen LogP contribution < -0.4 is 0 Å². The van der Waals surface area contributed by atoms with Crippen LogP contribution in [0.1, 0.15) is 79.6 Å². The standard InChI is InChI=1S/C20H36O/c1-15(11-14-21)7-9-17-16(2)8-10-18-19(3,4)12-6-13-20(17,18)5/h11,16-18,21H,6-10,12-14H2,1-5H3/b15-11-. The van der Waals surface area contributed by atoms with E-state index in [0.717, 1.165) is 24.2 Å². The molecule has 2 aliphatic carbocycles. The third-order valence-electron chi connectivity index (χ3n) is 7.01. The van der Waals surface area contributed by atoms with Gasteiger partial charge in [-0.15, -0.1) is 0 Å². The maximum absolute atomic E-state index is 9.06. The molecule has 0 amide bonds. The Labute approximate surface area is 132 Å². The van der Waals surface area contributed by atoms with Gasteiger partial charge in [-0.1, -0.05) is 52.2 Å². The lowest BCUT2D eigenvalue weighted by Crippen LogP contribution is -2.51. The number of aliphatic hydroxyl groups is 1. The zero-order valence-electron chi connectivity index (χ0n) is 14.9. The van der Waals surface area contributed by atoms with Crippen molar-refractivity contribution in [3.63, 3.8) is 0 Å². The van der Waals surface area contributed by atoms with Crippen LogP contribution in [0.2, 0.25) is 0 Å². The van der Waals surface area contributed by atoms with Gasteiger partial charge in [0.25, 0.3) is 0 Å². The highest BCUT2D eigenvalue weighted by Crippen LogP contribution is 2.62. The molecular weight excluding hydrogens is 256 g/mol. The van der Waals surface area contributed by atoms with Crippen LogP contribution in [0, 0.1) is 28.6 Å². The molecule has 2 saturated carbocycles. The molecule has 2 rings (SSSR count). The van der Waals surface area contributed by atoms with Crippen LogP contribution in [0.3, 0.4) is 0 Å². The minimum Gasteiger partial charge on any atom is -0.392 e. The maximum atomic E-state index is 9.06. The second-order valence-corrected chi connectivity index (χ2v) is 8.83. The first-order valence-electron chi connectivity index (χ1n) is 9.08. The van der Waals surface area contributed by atoms with E-state index in [4.69, 9.17) is 5.11 Å². The first-order chi connectivity index (χ1) is 9.81. The van der Waals surface area contributed by atoms with Gasteiger partial charge in [-0.2, -0.15) is 0 Å². The summed E-state index contributed by atoms with van der Waals surface area (Å²) in [6, 6.07) is 0. The van der Waals surface area contributed by atoms with E-state index in [1.165, 1.54) is 44.1 Å². The number of rotatable bonds is 4. The van der Waals surface area contributed by atoms with Crippen molar-refractivity contribution in [3.8, 4) is 0 Å². The molecule has 0 radical (unpaired) electrons. The molecule has 0 aromatic rings. The molecule has 122 valence electrons. The Morgan fingerprint density at radius 2 is 1.90 bits per heavy atom. The second-order valence-electron chi connectivity index (χ2n) is 8.83. The van der Waals surface area contributed by atoms with Gasteiger partial charge >= 0.3 is 0 Å². The van der Waals surface area contributed by atoms with Crippen LogP contribution in [-0.4, -0.2) is 11.7 Å². The minimum absolute atomic E-state index is 0.193. The fourth-order valence-electron chi connectivity index (χ4n) is 5.87. The molecule has 21 heavy (non-hydrogen) atoms. The average molecular weight is 293 g/mol. The predicted molar refractivity (Wildman–Crippen MR) is 91.2 cm³/mol. The van der Waals surface area contributed by atoms with Gasteiger partial charge in [-0.25, -0.2) is 0 Å². The highest BCUT2D eigenvalue weighted by molar-refractivity contribution is 5.05. The third kappa shape index (κ3) is 3.38. The number of fused-ring (bicyclic) bond motifs is 1. The third-order valence-corrected chi connectivity index (χ3v) is 7.01. The van der Waals surface area contributed by atoms with Crippen molar-refractivity contribution in [2.24, 2.45) is 28.6 Å². The van der Waals surface area contributed by atoms with Gasteiger partial charge in [0.2, 0.25) is 0 Å². The molecule has 0 aromatic carbocycles. The molecule has 1 N–H and O–H groups in total. The van der Waals surface area contributed by atoms with Gasteiger partial charge in [0.1, 0.15) is 0 Å². The SMILES string of the molecule is C/C(=C/CO)CCC1C(C)CCC2C(C)(C)CCCC12C. The van der Waals surface area contributed by atoms with Crippen LogP contribution in [0.5, 0.6) is 0 Å². The summed E-state index contributed by atoms with van der Waals surface area (Å²) in [4.78, 5) is 0. The van der Waals surface area contributed by atoms with Gasteiger partial charge in [0.15, 0.2) is 0 Å². The summed E-state index contributed by atoms with van der Waals surface area (Å²) in [5, 5.41) is 9.06. The molecule has 0 heterocycles. The minimum atomic E-state index is 0.193. The number of aliphatic hydroxyl groups excluding tert-OH is 1. The molecule has 2 fully saturated rings. The zero-order chi connectivity index (χ0) is 15.7. The molecule has 0 saturated heterocycles. The van der Waals surface area contributed by atoms with Crippen LogP contribution >= 0.6 is 0 Å². The zero-order valence-corrected chi connectivity index (χ0v) is 14.9. The van der Waals surface area contributed by atoms with Crippen molar-refractivity contribution < 1.29 is 5.11 Å². The van der Waals surface area contributed by atoms with Crippen molar-refractivity contribution in [2.45, 2.75) is 79.6 Å². The molecule has 0 bridgehead atoms. The van der Waals surface area contributed by atoms with E-state index in [2.05, 4.69) is 34.6 Å². The van der Waals surface area contributed by atoms with E-state index in [1.807, 2.05) is 6.08 Å². The van der Waals surface area contributed by atoms with Gasteiger partial charge in [0, 0.05) is 0 Å². The lowest BCUT2D eigenvalue weighted by Gasteiger charge is -2.59. The monoisotopic (exact) mass is 292 g/mol.